The summed E-state index contributed by atoms with van der Waals surface area (Å²) in [6.07, 6.45) is 3.57. The maximum atomic E-state index is 4.88. The van der Waals surface area contributed by atoms with E-state index in [0.29, 0.717) is 12.4 Å². The summed E-state index contributed by atoms with van der Waals surface area (Å²) in [6, 6.07) is 14.2. The molecule has 0 aliphatic rings. The SMILES string of the molecule is Cc1c(C)n(Cc2ccccn2)c2ncn3nc(-c4ccc(N(C)C)cc4)nc3c12. The third-order valence-corrected chi connectivity index (χ3v) is 5.63. The molecule has 30 heavy (non-hydrogen) atoms. The molecule has 1 aromatic carbocycles. The molecule has 7 heteroatoms. The van der Waals surface area contributed by atoms with Crippen molar-refractivity contribution in [1.29, 1.82) is 0 Å². The van der Waals surface area contributed by atoms with Crippen molar-refractivity contribution in [2.24, 2.45) is 0 Å². The monoisotopic (exact) mass is 397 g/mol. The summed E-state index contributed by atoms with van der Waals surface area (Å²) in [7, 11) is 4.06. The van der Waals surface area contributed by atoms with E-state index in [9.17, 15) is 0 Å². The van der Waals surface area contributed by atoms with Gasteiger partial charge < -0.3 is 9.47 Å². The Kier molecular flexibility index (Phi) is 4.24. The van der Waals surface area contributed by atoms with Crippen LogP contribution in [0.3, 0.4) is 0 Å². The number of hydrogen-bond donors (Lipinski definition) is 0. The molecule has 7 nitrogen and oxygen atoms in total. The van der Waals surface area contributed by atoms with Gasteiger partial charge in [0, 0.05) is 37.2 Å². The molecule has 0 atom stereocenters. The van der Waals surface area contributed by atoms with Gasteiger partial charge in [0.1, 0.15) is 12.0 Å². The van der Waals surface area contributed by atoms with Crippen molar-refractivity contribution in [1.82, 2.24) is 29.1 Å². The Morgan fingerprint density at radius 2 is 1.73 bits per heavy atom. The van der Waals surface area contributed by atoms with Crippen LogP contribution in [0.2, 0.25) is 0 Å². The second kappa shape index (κ2) is 6.95. The van der Waals surface area contributed by atoms with E-state index in [2.05, 4.69) is 57.7 Å². The summed E-state index contributed by atoms with van der Waals surface area (Å²) in [4.78, 5) is 16.1. The zero-order valence-electron chi connectivity index (χ0n) is 17.5. The number of aryl methyl sites for hydroxylation is 1. The first-order valence-corrected chi connectivity index (χ1v) is 9.91. The van der Waals surface area contributed by atoms with Gasteiger partial charge in [-0.15, -0.1) is 5.10 Å². The zero-order valence-corrected chi connectivity index (χ0v) is 17.5. The highest BCUT2D eigenvalue weighted by Gasteiger charge is 2.18. The van der Waals surface area contributed by atoms with Gasteiger partial charge in [-0.1, -0.05) is 6.07 Å². The molecule has 0 amide bonds. The molecule has 4 heterocycles. The Labute approximate surface area is 174 Å². The summed E-state index contributed by atoms with van der Waals surface area (Å²) in [5.74, 6) is 0.698. The lowest BCUT2D eigenvalue weighted by molar-refractivity contribution is 0.766. The van der Waals surface area contributed by atoms with Crippen LogP contribution in [-0.4, -0.2) is 43.2 Å². The van der Waals surface area contributed by atoms with Crippen LogP contribution in [0.5, 0.6) is 0 Å². The van der Waals surface area contributed by atoms with E-state index in [0.717, 1.165) is 39.3 Å². The Morgan fingerprint density at radius 3 is 2.43 bits per heavy atom. The fourth-order valence-corrected chi connectivity index (χ4v) is 3.81. The van der Waals surface area contributed by atoms with Gasteiger partial charge in [-0.05, 0) is 55.8 Å². The number of fused-ring (bicyclic) bond motifs is 3. The smallest absolute Gasteiger partial charge is 0.182 e. The fraction of sp³-hybridized carbons (Fsp3) is 0.217. The number of rotatable bonds is 4. The van der Waals surface area contributed by atoms with Crippen LogP contribution in [0.4, 0.5) is 5.69 Å². The standard InChI is InChI=1S/C23H23N7/c1-15-16(2)29(13-18-7-5-6-12-24-18)22-20(15)23-26-21(27-30(23)14-25-22)17-8-10-19(11-9-17)28(3)4/h5-12,14H,13H2,1-4H3. The van der Waals surface area contributed by atoms with Crippen LogP contribution in [0, 0.1) is 13.8 Å². The van der Waals surface area contributed by atoms with E-state index >= 15 is 0 Å². The number of hydrogen-bond acceptors (Lipinski definition) is 5. The Balaban J connectivity index is 1.64. The lowest BCUT2D eigenvalue weighted by atomic mass is 10.2. The summed E-state index contributed by atoms with van der Waals surface area (Å²) >= 11 is 0. The third kappa shape index (κ3) is 2.90. The average molecular weight is 397 g/mol. The van der Waals surface area contributed by atoms with Crippen LogP contribution in [-0.2, 0) is 6.54 Å². The molecule has 0 radical (unpaired) electrons. The zero-order chi connectivity index (χ0) is 20.8. The second-order valence-corrected chi connectivity index (χ2v) is 7.71. The van der Waals surface area contributed by atoms with E-state index in [4.69, 9.17) is 9.97 Å². The van der Waals surface area contributed by atoms with Gasteiger partial charge in [0.05, 0.1) is 17.6 Å². The predicted molar refractivity (Wildman–Crippen MR) is 119 cm³/mol. The number of anilines is 1. The molecule has 0 aliphatic carbocycles. The minimum Gasteiger partial charge on any atom is -0.378 e. The molecule has 0 spiro atoms. The van der Waals surface area contributed by atoms with Crippen LogP contribution in [0.15, 0.2) is 55.0 Å². The topological polar surface area (TPSA) is 64.1 Å². The van der Waals surface area contributed by atoms with Gasteiger partial charge >= 0.3 is 0 Å². The summed E-state index contributed by atoms with van der Waals surface area (Å²) in [6.45, 7) is 4.91. The molecule has 0 bridgehead atoms. The maximum Gasteiger partial charge on any atom is 0.182 e. The van der Waals surface area contributed by atoms with Gasteiger partial charge in [0.2, 0.25) is 0 Å². The maximum absolute atomic E-state index is 4.88. The molecule has 5 rings (SSSR count). The quantitative estimate of drug-likeness (QED) is 0.461. The lowest BCUT2D eigenvalue weighted by Gasteiger charge is -2.11. The Morgan fingerprint density at radius 1 is 0.933 bits per heavy atom. The van der Waals surface area contributed by atoms with E-state index in [1.807, 2.05) is 38.5 Å². The fourth-order valence-electron chi connectivity index (χ4n) is 3.81. The summed E-state index contributed by atoms with van der Waals surface area (Å²) < 4.78 is 3.97. The minimum atomic E-state index is 0.674. The molecular formula is C23H23N7. The average Bonchev–Trinajstić information content (AvgIpc) is 3.30. The molecule has 0 N–H and O–H groups in total. The van der Waals surface area contributed by atoms with Crippen molar-refractivity contribution < 1.29 is 0 Å². The Hall–Kier alpha value is -3.74. The van der Waals surface area contributed by atoms with E-state index in [1.165, 1.54) is 5.56 Å². The van der Waals surface area contributed by atoms with Crippen LogP contribution >= 0.6 is 0 Å². The molecule has 0 unspecified atom stereocenters. The van der Waals surface area contributed by atoms with Crippen LogP contribution in [0.25, 0.3) is 28.1 Å². The molecule has 4 aromatic heterocycles. The molecule has 0 fully saturated rings. The lowest BCUT2D eigenvalue weighted by Crippen LogP contribution is -2.07. The number of aromatic nitrogens is 6. The molecule has 150 valence electrons. The Bertz CT molecular complexity index is 1350. The molecular weight excluding hydrogens is 374 g/mol. The van der Waals surface area contributed by atoms with E-state index < -0.39 is 0 Å². The van der Waals surface area contributed by atoms with Crippen molar-refractivity contribution in [3.8, 4) is 11.4 Å². The van der Waals surface area contributed by atoms with Gasteiger partial charge in [0.25, 0.3) is 0 Å². The van der Waals surface area contributed by atoms with Crippen molar-refractivity contribution >= 4 is 22.4 Å². The van der Waals surface area contributed by atoms with Crippen molar-refractivity contribution in [3.63, 3.8) is 0 Å². The molecule has 5 aromatic rings. The number of nitrogens with zero attached hydrogens (tertiary/aromatic N) is 7. The van der Waals surface area contributed by atoms with Gasteiger partial charge in [0.15, 0.2) is 11.5 Å². The van der Waals surface area contributed by atoms with Crippen LogP contribution < -0.4 is 4.90 Å². The van der Waals surface area contributed by atoms with Crippen LogP contribution in [0.1, 0.15) is 17.0 Å². The van der Waals surface area contributed by atoms with E-state index in [1.54, 1.807) is 10.8 Å². The summed E-state index contributed by atoms with van der Waals surface area (Å²) in [5.41, 5.74) is 7.20. The largest absolute Gasteiger partial charge is 0.378 e. The highest BCUT2D eigenvalue weighted by Crippen LogP contribution is 2.29. The first-order valence-electron chi connectivity index (χ1n) is 9.91. The molecule has 0 aliphatic heterocycles. The van der Waals surface area contributed by atoms with E-state index in [-0.39, 0.29) is 0 Å². The van der Waals surface area contributed by atoms with Crippen molar-refractivity contribution in [2.45, 2.75) is 20.4 Å². The first-order chi connectivity index (χ1) is 14.5. The predicted octanol–water partition coefficient (Wildman–Crippen LogP) is 3.87. The molecule has 0 saturated heterocycles. The molecule has 0 saturated carbocycles. The third-order valence-electron chi connectivity index (χ3n) is 5.63. The van der Waals surface area contributed by atoms with Gasteiger partial charge in [-0.2, -0.15) is 0 Å². The van der Waals surface area contributed by atoms with Crippen molar-refractivity contribution in [2.75, 3.05) is 19.0 Å². The number of pyridine rings is 1. The second-order valence-electron chi connectivity index (χ2n) is 7.71. The normalized spacial score (nSPS) is 11.5. The minimum absolute atomic E-state index is 0.674. The summed E-state index contributed by atoms with van der Waals surface area (Å²) in [5, 5.41) is 5.72. The van der Waals surface area contributed by atoms with Gasteiger partial charge in [-0.3, -0.25) is 4.98 Å². The van der Waals surface area contributed by atoms with Gasteiger partial charge in [-0.25, -0.2) is 14.5 Å². The first kappa shape index (κ1) is 18.3. The highest BCUT2D eigenvalue weighted by atomic mass is 15.3. The van der Waals surface area contributed by atoms with Crippen molar-refractivity contribution in [3.05, 3.63) is 71.9 Å². The number of benzene rings is 1. The highest BCUT2D eigenvalue weighted by molar-refractivity contribution is 5.94.